The monoisotopic (exact) mass is 650 g/mol. The summed E-state index contributed by atoms with van der Waals surface area (Å²) < 4.78 is 0. The highest BCUT2D eigenvalue weighted by Gasteiger charge is 2.49. The summed E-state index contributed by atoms with van der Waals surface area (Å²) in [5.74, 6) is -0.113. The number of carbonyl (C=O) groups is 2. The lowest BCUT2D eigenvalue weighted by molar-refractivity contribution is -0.124. The fourth-order valence-corrected chi connectivity index (χ4v) is 9.06. The van der Waals surface area contributed by atoms with E-state index in [0.717, 1.165) is 83.1 Å². The van der Waals surface area contributed by atoms with Crippen LogP contribution < -0.4 is 0 Å². The van der Waals surface area contributed by atoms with Crippen LogP contribution in [0.15, 0.2) is 59.1 Å². The Morgan fingerprint density at radius 2 is 1.33 bits per heavy atom. The molecule has 0 saturated carbocycles. The number of aryl methyl sites for hydroxylation is 2. The van der Waals surface area contributed by atoms with E-state index in [9.17, 15) is 9.59 Å². The number of rotatable bonds is 13. The molecule has 5 aromatic rings. The molecule has 6 heterocycles. The van der Waals surface area contributed by atoms with Gasteiger partial charge in [-0.25, -0.2) is 0 Å². The number of H-pyrrole nitrogens is 2. The normalized spacial score (nSPS) is 15.2. The Bertz CT molecular complexity index is 1940. The van der Waals surface area contributed by atoms with E-state index in [1.807, 2.05) is 27.3 Å². The number of unbranched alkanes of at least 4 members (excludes halogenated alkanes) is 2. The van der Waals surface area contributed by atoms with Gasteiger partial charge < -0.3 is 19.8 Å². The lowest BCUT2D eigenvalue weighted by Gasteiger charge is -2.23. The molecule has 0 bridgehead atoms. The van der Waals surface area contributed by atoms with Gasteiger partial charge in [0.15, 0.2) is 0 Å². The zero-order valence-corrected chi connectivity index (χ0v) is 28.9. The summed E-state index contributed by atoms with van der Waals surface area (Å²) in [4.78, 5) is 42.4. The molecule has 0 saturated heterocycles. The number of hydrogen-bond donors (Lipinski definition) is 2. The second-order valence-corrected chi connectivity index (χ2v) is 14.4. The molecule has 0 fully saturated rings. The Hall–Kier alpha value is -3.88. The fourth-order valence-electron chi connectivity index (χ4n) is 7.24. The molecule has 2 aliphatic heterocycles. The summed E-state index contributed by atoms with van der Waals surface area (Å²) in [6.07, 6.45) is 10.4. The molecule has 2 N–H and O–H groups in total. The van der Waals surface area contributed by atoms with E-state index in [4.69, 9.17) is 0 Å². The molecule has 8 heteroatoms. The predicted octanol–water partition coefficient (Wildman–Crippen LogP) is 9.75. The quantitative estimate of drug-likeness (QED) is 0.133. The number of fused-ring (bicyclic) bond motifs is 3. The maximum atomic E-state index is 14.1. The zero-order chi connectivity index (χ0) is 31.9. The molecule has 6 nitrogen and oxygen atoms in total. The minimum Gasteiger partial charge on any atom is -0.361 e. The molecule has 46 heavy (non-hydrogen) atoms. The van der Waals surface area contributed by atoms with E-state index in [2.05, 4.69) is 68.1 Å². The number of aromatic amines is 2. The first kappa shape index (κ1) is 30.8. The molecule has 0 atom stereocenters. The van der Waals surface area contributed by atoms with Gasteiger partial charge >= 0.3 is 0 Å². The smallest absolute Gasteiger partial charge is 0.261 e. The third-order valence-corrected chi connectivity index (χ3v) is 11.3. The number of carbonyl (C=O) groups excluding carboxylic acids is 2. The van der Waals surface area contributed by atoms with E-state index in [1.165, 1.54) is 32.9 Å². The average molecular weight is 651 g/mol. The molecule has 0 radical (unpaired) electrons. The molecule has 0 spiro atoms. The van der Waals surface area contributed by atoms with Crippen LogP contribution in [0.4, 0.5) is 0 Å². The summed E-state index contributed by atoms with van der Waals surface area (Å²) in [7, 11) is 0. The molecular formula is C38H42N4O2S2. The van der Waals surface area contributed by atoms with Crippen LogP contribution in [0, 0.1) is 0 Å². The highest BCUT2D eigenvalue weighted by molar-refractivity contribution is 7.16. The number of benzene rings is 1. The minimum atomic E-state index is -0.0565. The number of aromatic nitrogens is 2. The summed E-state index contributed by atoms with van der Waals surface area (Å²) in [5, 5.41) is 4.64. The van der Waals surface area contributed by atoms with E-state index in [0.29, 0.717) is 24.2 Å². The van der Waals surface area contributed by atoms with Gasteiger partial charge in [-0.05, 0) is 85.4 Å². The van der Waals surface area contributed by atoms with Gasteiger partial charge in [-0.1, -0.05) is 46.6 Å². The molecule has 2 aliphatic rings. The first-order valence-corrected chi connectivity index (χ1v) is 18.6. The van der Waals surface area contributed by atoms with E-state index >= 15 is 0 Å². The van der Waals surface area contributed by atoms with Gasteiger partial charge in [0, 0.05) is 35.6 Å². The second kappa shape index (κ2) is 12.7. The predicted molar refractivity (Wildman–Crippen MR) is 193 cm³/mol. The third-order valence-electron chi connectivity index (χ3n) is 9.31. The molecule has 1 aromatic carbocycles. The summed E-state index contributed by atoms with van der Waals surface area (Å²) in [5.41, 5.74) is 9.07. The Kier molecular flexibility index (Phi) is 8.51. The summed E-state index contributed by atoms with van der Waals surface area (Å²) in [6, 6.07) is 12.8. The summed E-state index contributed by atoms with van der Waals surface area (Å²) >= 11 is 3.25. The lowest BCUT2D eigenvalue weighted by atomic mass is 9.94. The number of thiophene rings is 2. The standard InChI is InChI=1S/C38H42N4O2S2/c1-5-9-12-23-25-17-18-39-33(25)24(13-10-6-2)26-22-27(40-34(23)26)28-15-16-30(46-28)36-32-31(37(43)42(36)20-8-4)35(29-14-11-21-45-29)41(19-7-3)38(32)44/h11,14-18,21-22,39-40H,5-10,12-13,19-20H2,1-4H3. The van der Waals surface area contributed by atoms with E-state index < -0.39 is 0 Å². The number of nitrogens with one attached hydrogen (secondary N) is 2. The average Bonchev–Trinajstić information content (AvgIpc) is 3.90. The lowest BCUT2D eigenvalue weighted by Crippen LogP contribution is -2.30. The Morgan fingerprint density at radius 3 is 1.93 bits per heavy atom. The van der Waals surface area contributed by atoms with Crippen molar-refractivity contribution in [2.24, 2.45) is 0 Å². The van der Waals surface area contributed by atoms with Gasteiger partial charge in [0.05, 0.1) is 48.4 Å². The van der Waals surface area contributed by atoms with Gasteiger partial charge in [0.1, 0.15) is 0 Å². The number of hydrogen-bond acceptors (Lipinski definition) is 4. The fraction of sp³-hybridized carbons (Fsp3) is 0.368. The van der Waals surface area contributed by atoms with Gasteiger partial charge in [-0.2, -0.15) is 0 Å². The van der Waals surface area contributed by atoms with Crippen molar-refractivity contribution in [3.8, 4) is 10.6 Å². The molecule has 0 aliphatic carbocycles. The van der Waals surface area contributed by atoms with Crippen molar-refractivity contribution in [3.63, 3.8) is 0 Å². The topological polar surface area (TPSA) is 72.2 Å². The van der Waals surface area contributed by atoms with Crippen LogP contribution in [0.1, 0.15) is 87.1 Å². The van der Waals surface area contributed by atoms with Crippen LogP contribution in [0.3, 0.4) is 0 Å². The first-order valence-electron chi connectivity index (χ1n) is 16.9. The van der Waals surface area contributed by atoms with Crippen LogP contribution in [-0.4, -0.2) is 44.7 Å². The Morgan fingerprint density at radius 1 is 0.696 bits per heavy atom. The van der Waals surface area contributed by atoms with Crippen LogP contribution >= 0.6 is 22.7 Å². The van der Waals surface area contributed by atoms with Crippen molar-refractivity contribution in [1.82, 2.24) is 19.8 Å². The van der Waals surface area contributed by atoms with Crippen LogP contribution in [-0.2, 0) is 22.4 Å². The second-order valence-electron chi connectivity index (χ2n) is 12.4. The highest BCUT2D eigenvalue weighted by atomic mass is 32.1. The molecule has 7 rings (SSSR count). The van der Waals surface area contributed by atoms with Crippen LogP contribution in [0.25, 0.3) is 43.8 Å². The van der Waals surface area contributed by atoms with Gasteiger partial charge in [0.25, 0.3) is 11.8 Å². The molecule has 238 valence electrons. The van der Waals surface area contributed by atoms with Crippen molar-refractivity contribution in [1.29, 1.82) is 0 Å². The Labute approximate surface area is 278 Å². The molecular weight excluding hydrogens is 609 g/mol. The van der Waals surface area contributed by atoms with Crippen molar-refractivity contribution >= 4 is 67.7 Å². The molecule has 4 aromatic heterocycles. The number of nitrogens with zero attached hydrogens (tertiary/aromatic N) is 2. The van der Waals surface area contributed by atoms with Crippen LogP contribution in [0.5, 0.6) is 0 Å². The minimum absolute atomic E-state index is 0.0565. The Balaban J connectivity index is 1.38. The largest absolute Gasteiger partial charge is 0.361 e. The number of amides is 2. The maximum absolute atomic E-state index is 14.1. The van der Waals surface area contributed by atoms with Crippen LogP contribution in [0.2, 0.25) is 0 Å². The van der Waals surface area contributed by atoms with Crippen molar-refractivity contribution < 1.29 is 9.59 Å². The van der Waals surface area contributed by atoms with Gasteiger partial charge in [-0.3, -0.25) is 9.59 Å². The molecule has 0 unspecified atom stereocenters. The third kappa shape index (κ3) is 4.88. The van der Waals surface area contributed by atoms with Crippen molar-refractivity contribution in [3.05, 3.63) is 80.0 Å². The van der Waals surface area contributed by atoms with Gasteiger partial charge in [-0.15, -0.1) is 22.7 Å². The van der Waals surface area contributed by atoms with E-state index in [1.54, 1.807) is 22.7 Å². The van der Waals surface area contributed by atoms with Crippen molar-refractivity contribution in [2.75, 3.05) is 13.1 Å². The maximum Gasteiger partial charge on any atom is 0.261 e. The van der Waals surface area contributed by atoms with Gasteiger partial charge in [0.2, 0.25) is 0 Å². The molecule has 2 amide bonds. The highest BCUT2D eigenvalue weighted by Crippen LogP contribution is 2.49. The van der Waals surface area contributed by atoms with E-state index in [-0.39, 0.29) is 11.8 Å². The SMILES string of the molecule is CCCCc1c2cc(-c3ccc(C4=C5C(=O)N(CCC)C(c6cccs6)=C5C(=O)N4CCC)s3)[nH]c2c(CCCC)c2cc[nH]c12. The zero-order valence-electron chi connectivity index (χ0n) is 27.2. The van der Waals surface area contributed by atoms with Crippen molar-refractivity contribution in [2.45, 2.75) is 79.1 Å². The summed E-state index contributed by atoms with van der Waals surface area (Å²) in [6.45, 7) is 9.83. The first-order chi connectivity index (χ1) is 22.5.